The van der Waals surface area contributed by atoms with Crippen LogP contribution in [0.25, 0.3) is 0 Å². The first-order valence-electron chi connectivity index (χ1n) is 8.72. The monoisotopic (exact) mass is 346 g/mol. The van der Waals surface area contributed by atoms with Crippen LogP contribution in [0.2, 0.25) is 0 Å². The second kappa shape index (κ2) is 6.95. The molecule has 0 aliphatic heterocycles. The van der Waals surface area contributed by atoms with Crippen LogP contribution in [0.5, 0.6) is 0 Å². The van der Waals surface area contributed by atoms with Gasteiger partial charge in [-0.3, -0.25) is 14.2 Å². The fourth-order valence-electron chi connectivity index (χ4n) is 3.35. The van der Waals surface area contributed by atoms with Crippen molar-refractivity contribution in [3.63, 3.8) is 0 Å². The van der Waals surface area contributed by atoms with E-state index >= 15 is 0 Å². The third-order valence-electron chi connectivity index (χ3n) is 4.86. The minimum absolute atomic E-state index is 0.0243. The number of carbonyl (C=O) groups is 1. The molecule has 0 aromatic carbocycles. The van der Waals surface area contributed by atoms with Crippen LogP contribution >= 0.6 is 0 Å². The molecule has 2 aromatic rings. The van der Waals surface area contributed by atoms with Crippen molar-refractivity contribution in [1.82, 2.24) is 30.1 Å². The predicted molar refractivity (Wildman–Crippen MR) is 91.5 cm³/mol. The molecule has 1 aliphatic rings. The number of aryl methyl sites for hydroxylation is 1. The van der Waals surface area contributed by atoms with Crippen molar-refractivity contribution in [1.29, 1.82) is 0 Å². The first-order chi connectivity index (χ1) is 11.8. The Bertz CT molecular complexity index is 730. The summed E-state index contributed by atoms with van der Waals surface area (Å²) >= 11 is 0. The van der Waals surface area contributed by atoms with Crippen molar-refractivity contribution in [3.05, 3.63) is 29.8 Å². The summed E-state index contributed by atoms with van der Waals surface area (Å²) in [5, 5.41) is 25.4. The lowest BCUT2D eigenvalue weighted by Gasteiger charge is -2.21. The molecule has 8 nitrogen and oxygen atoms in total. The molecule has 1 fully saturated rings. The largest absolute Gasteiger partial charge is 0.384 e. The van der Waals surface area contributed by atoms with Gasteiger partial charge in [-0.15, -0.1) is 5.10 Å². The third-order valence-corrected chi connectivity index (χ3v) is 4.86. The van der Waals surface area contributed by atoms with Gasteiger partial charge in [0.15, 0.2) is 0 Å². The van der Waals surface area contributed by atoms with Gasteiger partial charge in [0.05, 0.1) is 12.6 Å². The number of rotatable bonds is 6. The lowest BCUT2D eigenvalue weighted by atomic mass is 10.0. The Morgan fingerprint density at radius 2 is 2.24 bits per heavy atom. The molecular weight excluding hydrogens is 320 g/mol. The van der Waals surface area contributed by atoms with Crippen molar-refractivity contribution in [2.75, 3.05) is 0 Å². The summed E-state index contributed by atoms with van der Waals surface area (Å²) in [6, 6.07) is 2.01. The molecule has 0 bridgehead atoms. The number of hydrogen-bond acceptors (Lipinski definition) is 5. The van der Waals surface area contributed by atoms with Crippen molar-refractivity contribution in [2.24, 2.45) is 13.0 Å². The third kappa shape index (κ3) is 4.25. The van der Waals surface area contributed by atoms with Gasteiger partial charge in [-0.2, -0.15) is 5.10 Å². The SMILES string of the molecule is Cn1nccc1CC(=O)N[C@@H]1CCC[C@@H]1Cn1cc(C(C)(C)O)nn1. The van der Waals surface area contributed by atoms with E-state index < -0.39 is 5.60 Å². The van der Waals surface area contributed by atoms with E-state index in [9.17, 15) is 9.90 Å². The Morgan fingerprint density at radius 3 is 2.88 bits per heavy atom. The predicted octanol–water partition coefficient (Wildman–Crippen LogP) is 0.767. The van der Waals surface area contributed by atoms with Gasteiger partial charge in [-0.25, -0.2) is 0 Å². The summed E-state index contributed by atoms with van der Waals surface area (Å²) in [6.07, 6.45) is 6.95. The second-order valence-corrected chi connectivity index (χ2v) is 7.37. The van der Waals surface area contributed by atoms with Crippen molar-refractivity contribution < 1.29 is 9.90 Å². The van der Waals surface area contributed by atoms with Crippen LogP contribution in [0.1, 0.15) is 44.5 Å². The molecule has 0 spiro atoms. The highest BCUT2D eigenvalue weighted by molar-refractivity contribution is 5.78. The topological polar surface area (TPSA) is 97.9 Å². The Labute approximate surface area is 147 Å². The minimum Gasteiger partial charge on any atom is -0.384 e. The van der Waals surface area contributed by atoms with Crippen molar-refractivity contribution >= 4 is 5.91 Å². The van der Waals surface area contributed by atoms with Gasteiger partial charge >= 0.3 is 0 Å². The molecule has 8 heteroatoms. The normalized spacial score (nSPS) is 20.8. The van der Waals surface area contributed by atoms with Gasteiger partial charge in [0.2, 0.25) is 5.91 Å². The zero-order valence-electron chi connectivity index (χ0n) is 15.0. The molecule has 0 unspecified atom stereocenters. The maximum Gasteiger partial charge on any atom is 0.226 e. The number of carbonyl (C=O) groups excluding carboxylic acids is 1. The van der Waals surface area contributed by atoms with E-state index in [1.165, 1.54) is 0 Å². The molecule has 3 rings (SSSR count). The van der Waals surface area contributed by atoms with Gasteiger partial charge in [-0.1, -0.05) is 11.6 Å². The van der Waals surface area contributed by atoms with E-state index in [1.54, 1.807) is 35.6 Å². The van der Waals surface area contributed by atoms with Crippen molar-refractivity contribution in [2.45, 2.75) is 57.7 Å². The molecule has 2 aromatic heterocycles. The molecule has 0 saturated heterocycles. The zero-order chi connectivity index (χ0) is 18.0. The summed E-state index contributed by atoms with van der Waals surface area (Å²) in [7, 11) is 1.84. The minimum atomic E-state index is -0.995. The molecule has 1 amide bonds. The van der Waals surface area contributed by atoms with Gasteiger partial charge in [0.1, 0.15) is 11.3 Å². The van der Waals surface area contributed by atoms with E-state index in [-0.39, 0.29) is 11.9 Å². The Kier molecular flexibility index (Phi) is 4.89. The number of aliphatic hydroxyl groups is 1. The maximum absolute atomic E-state index is 12.3. The van der Waals surface area contributed by atoms with Gasteiger partial charge in [0, 0.05) is 31.5 Å². The summed E-state index contributed by atoms with van der Waals surface area (Å²) in [4.78, 5) is 12.3. The highest BCUT2D eigenvalue weighted by Crippen LogP contribution is 2.27. The van der Waals surface area contributed by atoms with Crippen LogP contribution in [0.3, 0.4) is 0 Å². The highest BCUT2D eigenvalue weighted by Gasteiger charge is 2.30. The van der Waals surface area contributed by atoms with Crippen LogP contribution in [-0.2, 0) is 30.4 Å². The number of aromatic nitrogens is 5. The lowest BCUT2D eigenvalue weighted by Crippen LogP contribution is -2.39. The van der Waals surface area contributed by atoms with E-state index in [0.717, 1.165) is 25.0 Å². The molecule has 1 aliphatic carbocycles. The highest BCUT2D eigenvalue weighted by atomic mass is 16.3. The number of nitrogens with one attached hydrogen (secondary N) is 1. The first kappa shape index (κ1) is 17.6. The fourth-order valence-corrected chi connectivity index (χ4v) is 3.35. The van der Waals surface area contributed by atoms with Gasteiger partial charge < -0.3 is 10.4 Å². The van der Waals surface area contributed by atoms with Gasteiger partial charge in [0.25, 0.3) is 0 Å². The molecule has 2 atom stereocenters. The average molecular weight is 346 g/mol. The quantitative estimate of drug-likeness (QED) is 0.805. The lowest BCUT2D eigenvalue weighted by molar-refractivity contribution is -0.121. The molecule has 2 N–H and O–H groups in total. The fraction of sp³-hybridized carbons (Fsp3) is 0.647. The Hall–Kier alpha value is -2.22. The molecule has 1 saturated carbocycles. The Morgan fingerprint density at radius 1 is 1.44 bits per heavy atom. The molecule has 136 valence electrons. The van der Waals surface area contributed by atoms with Crippen LogP contribution in [0.4, 0.5) is 0 Å². The second-order valence-electron chi connectivity index (χ2n) is 7.37. The van der Waals surface area contributed by atoms with E-state index in [4.69, 9.17) is 0 Å². The zero-order valence-corrected chi connectivity index (χ0v) is 15.0. The molecule has 2 heterocycles. The first-order valence-corrected chi connectivity index (χ1v) is 8.72. The van der Waals surface area contributed by atoms with E-state index in [0.29, 0.717) is 24.6 Å². The summed E-state index contributed by atoms with van der Waals surface area (Å²) in [6.45, 7) is 4.08. The summed E-state index contributed by atoms with van der Waals surface area (Å²) < 4.78 is 3.49. The smallest absolute Gasteiger partial charge is 0.226 e. The van der Waals surface area contributed by atoms with Crippen LogP contribution < -0.4 is 5.32 Å². The van der Waals surface area contributed by atoms with Crippen molar-refractivity contribution in [3.8, 4) is 0 Å². The number of amides is 1. The molecule has 25 heavy (non-hydrogen) atoms. The van der Waals surface area contributed by atoms with Crippen LogP contribution in [0, 0.1) is 5.92 Å². The Balaban J connectivity index is 1.58. The van der Waals surface area contributed by atoms with Gasteiger partial charge in [-0.05, 0) is 38.7 Å². The number of hydrogen-bond donors (Lipinski definition) is 2. The van der Waals surface area contributed by atoms with Crippen LogP contribution in [-0.4, -0.2) is 41.8 Å². The standard InChI is InChI=1S/C17H26N6O2/c1-17(2,25)15-11-23(21-20-15)10-12-5-4-6-14(12)19-16(24)9-13-7-8-18-22(13)3/h7-8,11-12,14,25H,4-6,9-10H2,1-3H3,(H,19,24)/t12-,14-/m1/s1. The van der Waals surface area contributed by atoms with Crippen LogP contribution in [0.15, 0.2) is 18.5 Å². The van der Waals surface area contributed by atoms with E-state index in [2.05, 4.69) is 20.7 Å². The summed E-state index contributed by atoms with van der Waals surface area (Å²) in [5.74, 6) is 0.350. The molecule has 0 radical (unpaired) electrons. The average Bonchev–Trinajstić information content (AvgIpc) is 3.23. The maximum atomic E-state index is 12.3. The molecular formula is C17H26N6O2. The van der Waals surface area contributed by atoms with E-state index in [1.807, 2.05) is 13.1 Å². The number of nitrogens with zero attached hydrogens (tertiary/aromatic N) is 5. The summed E-state index contributed by atoms with van der Waals surface area (Å²) in [5.41, 5.74) is 0.463.